The van der Waals surface area contributed by atoms with Crippen molar-refractivity contribution in [1.82, 2.24) is 5.32 Å². The molecular weight excluding hydrogens is 268 g/mol. The highest BCUT2D eigenvalue weighted by Crippen LogP contribution is 2.39. The molecule has 0 heterocycles. The minimum Gasteiger partial charge on any atom is -0.352 e. The van der Waals surface area contributed by atoms with E-state index in [1.165, 1.54) is 6.92 Å². The Balaban J connectivity index is 1.91. The molecule has 1 aliphatic rings. The SMILES string of the molecule is C=CCNC(=O)C1CC1C(=O)Nc1cccc(C(C)=O)c1. The molecule has 110 valence electrons. The number of amides is 2. The molecule has 5 nitrogen and oxygen atoms in total. The molecule has 2 amide bonds. The van der Waals surface area contributed by atoms with Crippen LogP contribution in [0.25, 0.3) is 0 Å². The molecule has 1 aromatic rings. The lowest BCUT2D eigenvalue weighted by molar-refractivity contribution is -0.125. The highest BCUT2D eigenvalue weighted by atomic mass is 16.2. The van der Waals surface area contributed by atoms with Crippen molar-refractivity contribution in [2.75, 3.05) is 11.9 Å². The summed E-state index contributed by atoms with van der Waals surface area (Å²) in [5, 5.41) is 5.43. The molecule has 0 radical (unpaired) electrons. The van der Waals surface area contributed by atoms with E-state index in [0.717, 1.165) is 0 Å². The van der Waals surface area contributed by atoms with E-state index in [0.29, 0.717) is 24.2 Å². The summed E-state index contributed by atoms with van der Waals surface area (Å²) in [6.45, 7) is 5.40. The van der Waals surface area contributed by atoms with Crippen molar-refractivity contribution >= 4 is 23.3 Å². The normalized spacial score (nSPS) is 19.5. The van der Waals surface area contributed by atoms with E-state index in [4.69, 9.17) is 0 Å². The topological polar surface area (TPSA) is 75.3 Å². The number of ketones is 1. The molecule has 2 unspecified atom stereocenters. The van der Waals surface area contributed by atoms with E-state index in [2.05, 4.69) is 17.2 Å². The third-order valence-electron chi connectivity index (χ3n) is 3.42. The monoisotopic (exact) mass is 286 g/mol. The number of rotatable bonds is 6. The van der Waals surface area contributed by atoms with Gasteiger partial charge in [-0.25, -0.2) is 0 Å². The van der Waals surface area contributed by atoms with Crippen molar-refractivity contribution in [2.45, 2.75) is 13.3 Å². The fraction of sp³-hybridized carbons (Fsp3) is 0.312. The van der Waals surface area contributed by atoms with Gasteiger partial charge in [-0.1, -0.05) is 18.2 Å². The first-order valence-corrected chi connectivity index (χ1v) is 6.83. The van der Waals surface area contributed by atoms with E-state index >= 15 is 0 Å². The van der Waals surface area contributed by atoms with Gasteiger partial charge in [0.15, 0.2) is 5.78 Å². The van der Waals surface area contributed by atoms with E-state index in [1.54, 1.807) is 30.3 Å². The lowest BCUT2D eigenvalue weighted by Gasteiger charge is -2.06. The number of hydrogen-bond donors (Lipinski definition) is 2. The summed E-state index contributed by atoms with van der Waals surface area (Å²) < 4.78 is 0. The Morgan fingerprint density at radius 2 is 2.00 bits per heavy atom. The van der Waals surface area contributed by atoms with Gasteiger partial charge in [-0.3, -0.25) is 14.4 Å². The van der Waals surface area contributed by atoms with Gasteiger partial charge in [0.05, 0.1) is 11.8 Å². The summed E-state index contributed by atoms with van der Waals surface area (Å²) in [6, 6.07) is 6.77. The smallest absolute Gasteiger partial charge is 0.228 e. The zero-order chi connectivity index (χ0) is 15.4. The van der Waals surface area contributed by atoms with Crippen LogP contribution >= 0.6 is 0 Å². The predicted molar refractivity (Wildman–Crippen MR) is 79.9 cm³/mol. The van der Waals surface area contributed by atoms with Gasteiger partial charge in [0.25, 0.3) is 0 Å². The van der Waals surface area contributed by atoms with Crippen molar-refractivity contribution in [1.29, 1.82) is 0 Å². The first-order valence-electron chi connectivity index (χ1n) is 6.83. The standard InChI is InChI=1S/C16H18N2O3/c1-3-7-17-15(20)13-9-14(13)16(21)18-12-6-4-5-11(8-12)10(2)19/h3-6,8,13-14H,1,7,9H2,2H3,(H,17,20)(H,18,21). The lowest BCUT2D eigenvalue weighted by atomic mass is 10.1. The van der Waals surface area contributed by atoms with Crippen LogP contribution in [0.15, 0.2) is 36.9 Å². The lowest BCUT2D eigenvalue weighted by Crippen LogP contribution is -2.27. The highest BCUT2D eigenvalue weighted by molar-refractivity contribution is 6.01. The molecule has 0 spiro atoms. The Kier molecular flexibility index (Phi) is 4.52. The van der Waals surface area contributed by atoms with Crippen LogP contribution in [-0.4, -0.2) is 24.1 Å². The molecule has 1 fully saturated rings. The van der Waals surface area contributed by atoms with Crippen LogP contribution in [0.4, 0.5) is 5.69 Å². The summed E-state index contributed by atoms with van der Waals surface area (Å²) in [5.41, 5.74) is 1.12. The number of benzene rings is 1. The van der Waals surface area contributed by atoms with Crippen LogP contribution in [0, 0.1) is 11.8 Å². The van der Waals surface area contributed by atoms with Gasteiger partial charge in [0, 0.05) is 17.8 Å². The number of anilines is 1. The van der Waals surface area contributed by atoms with Gasteiger partial charge in [-0.2, -0.15) is 0 Å². The molecular formula is C16H18N2O3. The number of nitrogens with one attached hydrogen (secondary N) is 2. The van der Waals surface area contributed by atoms with Crippen molar-refractivity contribution < 1.29 is 14.4 Å². The van der Waals surface area contributed by atoms with Gasteiger partial charge in [-0.05, 0) is 25.5 Å². The first-order chi connectivity index (χ1) is 10.0. The number of Topliss-reactive ketones (excluding diaryl/α,β-unsaturated/α-hetero) is 1. The largest absolute Gasteiger partial charge is 0.352 e. The molecule has 21 heavy (non-hydrogen) atoms. The molecule has 0 aromatic heterocycles. The minimum atomic E-state index is -0.296. The maximum atomic E-state index is 12.0. The second kappa shape index (κ2) is 6.35. The summed E-state index contributed by atoms with van der Waals surface area (Å²) in [4.78, 5) is 35.0. The second-order valence-electron chi connectivity index (χ2n) is 5.11. The van der Waals surface area contributed by atoms with Crippen LogP contribution in [0.5, 0.6) is 0 Å². The number of hydrogen-bond acceptors (Lipinski definition) is 3. The van der Waals surface area contributed by atoms with Crippen molar-refractivity contribution in [2.24, 2.45) is 11.8 Å². The molecule has 2 atom stereocenters. The summed E-state index contributed by atoms with van der Waals surface area (Å²) in [5.74, 6) is -0.919. The molecule has 2 N–H and O–H groups in total. The van der Waals surface area contributed by atoms with E-state index in [9.17, 15) is 14.4 Å². The zero-order valence-electron chi connectivity index (χ0n) is 11.9. The molecule has 1 aromatic carbocycles. The van der Waals surface area contributed by atoms with Gasteiger partial charge >= 0.3 is 0 Å². The van der Waals surface area contributed by atoms with E-state index in [-0.39, 0.29) is 29.4 Å². The molecule has 0 aliphatic heterocycles. The predicted octanol–water partition coefficient (Wildman–Crippen LogP) is 1.77. The Bertz CT molecular complexity index is 595. The quantitative estimate of drug-likeness (QED) is 0.618. The molecule has 0 bridgehead atoms. The van der Waals surface area contributed by atoms with Gasteiger partial charge < -0.3 is 10.6 Å². The summed E-state index contributed by atoms with van der Waals surface area (Å²) in [6.07, 6.45) is 2.16. The van der Waals surface area contributed by atoms with Crippen molar-refractivity contribution in [3.8, 4) is 0 Å². The Labute approximate surface area is 123 Å². The average molecular weight is 286 g/mol. The van der Waals surface area contributed by atoms with Gasteiger partial charge in [-0.15, -0.1) is 6.58 Å². The maximum Gasteiger partial charge on any atom is 0.228 e. The Morgan fingerprint density at radius 1 is 1.29 bits per heavy atom. The molecule has 1 aliphatic carbocycles. The Morgan fingerprint density at radius 3 is 2.67 bits per heavy atom. The van der Waals surface area contributed by atoms with Crippen LogP contribution in [0.1, 0.15) is 23.7 Å². The minimum absolute atomic E-state index is 0.0563. The highest BCUT2D eigenvalue weighted by Gasteiger charge is 2.47. The van der Waals surface area contributed by atoms with Crippen molar-refractivity contribution in [3.63, 3.8) is 0 Å². The average Bonchev–Trinajstić information content (AvgIpc) is 3.25. The van der Waals surface area contributed by atoms with Crippen LogP contribution < -0.4 is 10.6 Å². The fourth-order valence-electron chi connectivity index (χ4n) is 2.13. The Hall–Kier alpha value is -2.43. The molecule has 1 saturated carbocycles. The van der Waals surface area contributed by atoms with Crippen LogP contribution in [0.2, 0.25) is 0 Å². The number of carbonyl (C=O) groups excluding carboxylic acids is 3. The van der Waals surface area contributed by atoms with Crippen LogP contribution in [0.3, 0.4) is 0 Å². The third kappa shape index (κ3) is 3.78. The van der Waals surface area contributed by atoms with E-state index < -0.39 is 0 Å². The van der Waals surface area contributed by atoms with Gasteiger partial charge in [0.1, 0.15) is 0 Å². The molecule has 5 heteroatoms. The second-order valence-corrected chi connectivity index (χ2v) is 5.11. The van der Waals surface area contributed by atoms with E-state index in [1.807, 2.05) is 0 Å². The molecule has 0 saturated heterocycles. The van der Waals surface area contributed by atoms with Gasteiger partial charge in [0.2, 0.25) is 11.8 Å². The molecule has 2 rings (SSSR count). The summed E-state index contributed by atoms with van der Waals surface area (Å²) >= 11 is 0. The fourth-order valence-corrected chi connectivity index (χ4v) is 2.13. The summed E-state index contributed by atoms with van der Waals surface area (Å²) in [7, 11) is 0. The van der Waals surface area contributed by atoms with Crippen LogP contribution in [-0.2, 0) is 9.59 Å². The maximum absolute atomic E-state index is 12.0. The first kappa shape index (κ1) is 15.0. The number of carbonyl (C=O) groups is 3. The van der Waals surface area contributed by atoms with Crippen molar-refractivity contribution in [3.05, 3.63) is 42.5 Å². The third-order valence-corrected chi connectivity index (χ3v) is 3.42. The zero-order valence-corrected chi connectivity index (χ0v) is 11.9.